The second-order valence-electron chi connectivity index (χ2n) is 11.2. The number of nitrogens with one attached hydrogen (secondary N) is 1. The van der Waals surface area contributed by atoms with Crippen molar-refractivity contribution >= 4 is 34.7 Å². The molecule has 0 heterocycles. The number of ketones is 4. The molecule has 10 nitrogen and oxygen atoms in total. The maximum absolute atomic E-state index is 13.9. The van der Waals surface area contributed by atoms with Gasteiger partial charge in [-0.1, -0.05) is 26.7 Å². The van der Waals surface area contributed by atoms with E-state index in [2.05, 4.69) is 19.2 Å². The minimum absolute atomic E-state index is 0.0259. The van der Waals surface area contributed by atoms with Crippen LogP contribution >= 0.6 is 0 Å². The molecular weight excluding hydrogens is 490 g/mol. The monoisotopic (exact) mass is 527 g/mol. The first-order valence-electron chi connectivity index (χ1n) is 13.3. The Bertz CT molecular complexity index is 1210. The second kappa shape index (κ2) is 10.2. The number of nitrogens with zero attached hydrogens (tertiary/aromatic N) is 1. The highest BCUT2D eigenvalue weighted by atomic mass is 16.3. The standard InChI is InChI=1S/C28H37N3O7/c1-5-13(6-2)11-30-12-15-9-18(31(3)4)17-8-14-7-16-10-19(32)22(27(29)37)26(36)28(16,38)25(35)20(14)24(34)21(17)23(15)33/h9,13-14,16,20,22,30,33,38H,5-8,10-12H2,1-4H3,(H2,29,37)/t14-,16+,20?,22?,28+/m1/s1. The summed E-state index contributed by atoms with van der Waals surface area (Å²) in [5, 5.41) is 25.9. The molecular formula is C28H37N3O7. The first-order valence-corrected chi connectivity index (χ1v) is 13.3. The van der Waals surface area contributed by atoms with E-state index in [0.717, 1.165) is 25.1 Å². The van der Waals surface area contributed by atoms with Gasteiger partial charge in [0.25, 0.3) is 0 Å². The Hall–Kier alpha value is -3.11. The van der Waals surface area contributed by atoms with Gasteiger partial charge in [0.2, 0.25) is 5.91 Å². The van der Waals surface area contributed by atoms with Crippen LogP contribution in [0.5, 0.6) is 5.75 Å². The average molecular weight is 528 g/mol. The third kappa shape index (κ3) is 4.23. The summed E-state index contributed by atoms with van der Waals surface area (Å²) in [7, 11) is 3.66. The molecule has 0 bridgehead atoms. The van der Waals surface area contributed by atoms with Crippen molar-refractivity contribution in [3.05, 3.63) is 22.8 Å². The average Bonchev–Trinajstić information content (AvgIpc) is 2.84. The van der Waals surface area contributed by atoms with Crippen LogP contribution in [-0.4, -0.2) is 65.5 Å². The summed E-state index contributed by atoms with van der Waals surface area (Å²) < 4.78 is 0. The Labute approximate surface area is 221 Å². The van der Waals surface area contributed by atoms with Crippen molar-refractivity contribution in [2.75, 3.05) is 25.5 Å². The first-order chi connectivity index (χ1) is 17.9. The number of amides is 1. The molecule has 0 spiro atoms. The molecule has 2 saturated carbocycles. The van der Waals surface area contributed by atoms with E-state index in [9.17, 15) is 34.2 Å². The van der Waals surface area contributed by atoms with E-state index in [1.165, 1.54) is 0 Å². The molecule has 3 aliphatic carbocycles. The van der Waals surface area contributed by atoms with Crippen LogP contribution in [0, 0.1) is 29.6 Å². The fourth-order valence-corrected chi connectivity index (χ4v) is 6.59. The number of hydrogen-bond donors (Lipinski definition) is 4. The summed E-state index contributed by atoms with van der Waals surface area (Å²) >= 11 is 0. The molecule has 2 unspecified atom stereocenters. The van der Waals surface area contributed by atoms with E-state index in [1.807, 2.05) is 25.1 Å². The van der Waals surface area contributed by atoms with Gasteiger partial charge in [0.05, 0.1) is 11.5 Å². The Balaban J connectivity index is 1.74. The minimum atomic E-state index is -2.64. The smallest absolute Gasteiger partial charge is 0.235 e. The number of benzene rings is 1. The maximum atomic E-state index is 13.9. The summed E-state index contributed by atoms with van der Waals surface area (Å²) in [5.74, 6) is -9.47. The largest absolute Gasteiger partial charge is 0.507 e. The lowest BCUT2D eigenvalue weighted by Crippen LogP contribution is -2.68. The zero-order chi connectivity index (χ0) is 28.1. The number of nitrogens with two attached hydrogens (primary N) is 1. The number of carbonyl (C=O) groups excluding carboxylic acids is 5. The summed E-state index contributed by atoms with van der Waals surface area (Å²) in [6.07, 6.45) is 2.01. The third-order valence-corrected chi connectivity index (χ3v) is 8.84. The second-order valence-corrected chi connectivity index (χ2v) is 11.2. The Morgan fingerprint density at radius 1 is 1.16 bits per heavy atom. The van der Waals surface area contributed by atoms with Crippen LogP contribution in [0.3, 0.4) is 0 Å². The van der Waals surface area contributed by atoms with E-state index in [-0.39, 0.29) is 30.6 Å². The predicted octanol–water partition coefficient (Wildman–Crippen LogP) is 0.919. The summed E-state index contributed by atoms with van der Waals surface area (Å²) in [6.45, 7) is 5.29. The molecule has 2 fully saturated rings. The first kappa shape index (κ1) is 27.9. The number of fused-ring (bicyclic) bond motifs is 3. The maximum Gasteiger partial charge on any atom is 0.235 e. The highest BCUT2D eigenvalue weighted by Gasteiger charge is 2.66. The van der Waals surface area contributed by atoms with Crippen LogP contribution < -0.4 is 16.0 Å². The highest BCUT2D eigenvalue weighted by Crippen LogP contribution is 2.51. The lowest BCUT2D eigenvalue weighted by Gasteiger charge is -2.48. The summed E-state index contributed by atoms with van der Waals surface area (Å²) in [6, 6.07) is 1.84. The molecule has 5 N–H and O–H groups in total. The number of phenols is 1. The van der Waals surface area contributed by atoms with Crippen LogP contribution in [0.2, 0.25) is 0 Å². The molecule has 3 aliphatic rings. The molecule has 10 heteroatoms. The van der Waals surface area contributed by atoms with Gasteiger partial charge in [0.1, 0.15) is 5.75 Å². The van der Waals surface area contributed by atoms with Crippen molar-refractivity contribution in [1.82, 2.24) is 5.32 Å². The number of aromatic hydroxyl groups is 1. The van der Waals surface area contributed by atoms with Gasteiger partial charge in [-0.2, -0.15) is 0 Å². The van der Waals surface area contributed by atoms with E-state index in [0.29, 0.717) is 23.6 Å². The van der Waals surface area contributed by atoms with Crippen molar-refractivity contribution in [3.63, 3.8) is 0 Å². The van der Waals surface area contributed by atoms with Crippen molar-refractivity contribution in [1.29, 1.82) is 0 Å². The molecule has 1 aromatic rings. The Morgan fingerprint density at radius 3 is 2.39 bits per heavy atom. The molecule has 1 amide bonds. The number of aliphatic hydroxyl groups is 1. The van der Waals surface area contributed by atoms with Gasteiger partial charge in [-0.3, -0.25) is 24.0 Å². The minimum Gasteiger partial charge on any atom is -0.507 e. The van der Waals surface area contributed by atoms with Crippen LogP contribution in [0.4, 0.5) is 5.69 Å². The molecule has 0 radical (unpaired) electrons. The Morgan fingerprint density at radius 2 is 1.82 bits per heavy atom. The molecule has 1 aromatic carbocycles. The molecule has 4 rings (SSSR count). The van der Waals surface area contributed by atoms with Gasteiger partial charge in [0.15, 0.2) is 34.7 Å². The lowest BCUT2D eigenvalue weighted by atomic mass is 9.53. The summed E-state index contributed by atoms with van der Waals surface area (Å²) in [4.78, 5) is 66.8. The normalized spacial score (nSPS) is 28.7. The number of phenolic OH excluding ortho intramolecular Hbond substituents is 1. The van der Waals surface area contributed by atoms with Gasteiger partial charge in [-0.25, -0.2) is 0 Å². The highest BCUT2D eigenvalue weighted by molar-refractivity contribution is 6.31. The van der Waals surface area contributed by atoms with Gasteiger partial charge in [-0.15, -0.1) is 0 Å². The van der Waals surface area contributed by atoms with E-state index < -0.39 is 58.3 Å². The van der Waals surface area contributed by atoms with Crippen molar-refractivity contribution in [3.8, 4) is 5.75 Å². The van der Waals surface area contributed by atoms with Gasteiger partial charge in [0, 0.05) is 44.2 Å². The molecule has 0 aromatic heterocycles. The molecule has 0 aliphatic heterocycles. The molecule has 0 saturated heterocycles. The summed E-state index contributed by atoms with van der Waals surface area (Å²) in [5.41, 5.74) is 4.48. The number of Topliss-reactive ketones (excluding diaryl/α,β-unsaturated/α-hetero) is 4. The number of carbonyl (C=O) groups is 5. The lowest BCUT2D eigenvalue weighted by molar-refractivity contribution is -0.175. The van der Waals surface area contributed by atoms with Crippen LogP contribution in [0.1, 0.15) is 61.0 Å². The molecule has 5 atom stereocenters. The van der Waals surface area contributed by atoms with E-state index in [4.69, 9.17) is 5.73 Å². The Kier molecular flexibility index (Phi) is 7.51. The SMILES string of the molecule is CCC(CC)CNCc1cc(N(C)C)c2c(c1O)C(=O)C1C(=O)[C@]3(O)C(=O)C(C(N)=O)C(=O)C[C@@H]3C[C@@H]1C2. The van der Waals surface area contributed by atoms with Crippen molar-refractivity contribution in [2.45, 2.75) is 58.1 Å². The third-order valence-electron chi connectivity index (χ3n) is 8.84. The van der Waals surface area contributed by atoms with Gasteiger partial charge < -0.3 is 26.2 Å². The van der Waals surface area contributed by atoms with Crippen LogP contribution in [0.25, 0.3) is 0 Å². The number of rotatable bonds is 8. The predicted molar refractivity (Wildman–Crippen MR) is 139 cm³/mol. The van der Waals surface area contributed by atoms with Gasteiger partial charge >= 0.3 is 0 Å². The zero-order valence-electron chi connectivity index (χ0n) is 22.4. The van der Waals surface area contributed by atoms with Crippen LogP contribution in [0.15, 0.2) is 6.07 Å². The number of hydrogen-bond acceptors (Lipinski definition) is 9. The zero-order valence-corrected chi connectivity index (χ0v) is 22.4. The molecule has 38 heavy (non-hydrogen) atoms. The quantitative estimate of drug-likeness (QED) is 0.359. The fraction of sp³-hybridized carbons (Fsp3) is 0.607. The van der Waals surface area contributed by atoms with Gasteiger partial charge in [-0.05, 0) is 42.9 Å². The fourth-order valence-electron chi connectivity index (χ4n) is 6.59. The topological polar surface area (TPSA) is 167 Å². The van der Waals surface area contributed by atoms with E-state index >= 15 is 0 Å². The number of anilines is 1. The van der Waals surface area contributed by atoms with Crippen molar-refractivity contribution < 1.29 is 34.2 Å². The van der Waals surface area contributed by atoms with Crippen molar-refractivity contribution in [2.24, 2.45) is 35.3 Å². The number of primary amides is 1. The molecule has 206 valence electrons. The van der Waals surface area contributed by atoms with E-state index in [1.54, 1.807) is 0 Å². The van der Waals surface area contributed by atoms with Crippen LogP contribution in [-0.2, 0) is 32.1 Å².